The second-order valence-corrected chi connectivity index (χ2v) is 7.98. The van der Waals surface area contributed by atoms with Crippen molar-refractivity contribution in [3.63, 3.8) is 0 Å². The van der Waals surface area contributed by atoms with Gasteiger partial charge in [0, 0.05) is 0 Å². The summed E-state index contributed by atoms with van der Waals surface area (Å²) in [5.41, 5.74) is 1.20. The van der Waals surface area contributed by atoms with Crippen LogP contribution in [0.5, 0.6) is 0 Å². The number of halogens is 2. The van der Waals surface area contributed by atoms with Gasteiger partial charge in [0.05, 0.1) is 4.47 Å². The highest BCUT2D eigenvalue weighted by Crippen LogP contribution is 2.47. The summed E-state index contributed by atoms with van der Waals surface area (Å²) in [6.07, 6.45) is 4.63. The van der Waals surface area contributed by atoms with E-state index in [-0.39, 0.29) is 5.82 Å². The van der Waals surface area contributed by atoms with Crippen molar-refractivity contribution in [2.45, 2.75) is 52.4 Å². The quantitative estimate of drug-likeness (QED) is 0.687. The number of benzene rings is 1. The Kier molecular flexibility index (Phi) is 5.84. The molecule has 0 heterocycles. The Hall–Kier alpha value is -0.410. The molecule has 2 rings (SSSR count). The molecular weight excluding hydrogens is 329 g/mol. The van der Waals surface area contributed by atoms with Crippen LogP contribution in [-0.2, 0) is 0 Å². The molecule has 1 aromatic carbocycles. The summed E-state index contributed by atoms with van der Waals surface area (Å²) in [7, 11) is 0. The van der Waals surface area contributed by atoms with E-state index in [1.807, 2.05) is 12.1 Å². The zero-order valence-electron chi connectivity index (χ0n) is 13.4. The monoisotopic (exact) mass is 355 g/mol. The predicted molar refractivity (Wildman–Crippen MR) is 91.1 cm³/mol. The van der Waals surface area contributed by atoms with E-state index >= 15 is 0 Å². The highest BCUT2D eigenvalue weighted by Gasteiger charge is 2.36. The molecule has 0 saturated heterocycles. The molecule has 1 aliphatic carbocycles. The van der Waals surface area contributed by atoms with Gasteiger partial charge in [-0.05, 0) is 83.6 Å². The van der Waals surface area contributed by atoms with Crippen LogP contribution in [0, 0.1) is 17.2 Å². The molecule has 0 aromatic heterocycles. The van der Waals surface area contributed by atoms with Crippen molar-refractivity contribution in [1.29, 1.82) is 0 Å². The van der Waals surface area contributed by atoms with Gasteiger partial charge in [-0.25, -0.2) is 4.39 Å². The SMILES string of the molecule is CCCNCC1CCC(C)(C)CC1c1cccc(Br)c1F. The Morgan fingerprint density at radius 2 is 2.14 bits per heavy atom. The second kappa shape index (κ2) is 7.23. The highest BCUT2D eigenvalue weighted by atomic mass is 79.9. The minimum absolute atomic E-state index is 0.0688. The van der Waals surface area contributed by atoms with Crippen molar-refractivity contribution in [1.82, 2.24) is 5.32 Å². The summed E-state index contributed by atoms with van der Waals surface area (Å²) in [6, 6.07) is 5.72. The number of nitrogens with one attached hydrogen (secondary N) is 1. The normalized spacial score (nSPS) is 25.0. The van der Waals surface area contributed by atoms with Crippen LogP contribution in [-0.4, -0.2) is 13.1 Å². The van der Waals surface area contributed by atoms with E-state index in [0.29, 0.717) is 21.7 Å². The fraction of sp³-hybridized carbons (Fsp3) is 0.667. The lowest BCUT2D eigenvalue weighted by Gasteiger charge is -2.41. The summed E-state index contributed by atoms with van der Waals surface area (Å²) < 4.78 is 15.1. The van der Waals surface area contributed by atoms with E-state index in [4.69, 9.17) is 0 Å². The maximum Gasteiger partial charge on any atom is 0.140 e. The van der Waals surface area contributed by atoms with Gasteiger partial charge < -0.3 is 5.32 Å². The van der Waals surface area contributed by atoms with E-state index in [1.54, 1.807) is 6.07 Å². The largest absolute Gasteiger partial charge is 0.316 e. The lowest BCUT2D eigenvalue weighted by Crippen LogP contribution is -2.35. The summed E-state index contributed by atoms with van der Waals surface area (Å²) in [5, 5.41) is 3.53. The third kappa shape index (κ3) is 4.29. The molecule has 0 radical (unpaired) electrons. The number of hydrogen-bond donors (Lipinski definition) is 1. The summed E-state index contributed by atoms with van der Waals surface area (Å²) >= 11 is 3.33. The molecule has 1 fully saturated rings. The number of rotatable bonds is 5. The van der Waals surface area contributed by atoms with Crippen LogP contribution in [0.1, 0.15) is 57.9 Å². The zero-order chi connectivity index (χ0) is 15.5. The Balaban J connectivity index is 2.22. The molecule has 2 atom stereocenters. The molecule has 118 valence electrons. The molecular formula is C18H27BrFN. The Morgan fingerprint density at radius 3 is 2.86 bits per heavy atom. The third-order valence-corrected chi connectivity index (χ3v) is 5.36. The van der Waals surface area contributed by atoms with Crippen LogP contribution in [0.25, 0.3) is 0 Å². The zero-order valence-corrected chi connectivity index (χ0v) is 15.0. The molecule has 0 amide bonds. The van der Waals surface area contributed by atoms with Crippen LogP contribution in [0.2, 0.25) is 0 Å². The van der Waals surface area contributed by atoms with Crippen molar-refractivity contribution in [3.05, 3.63) is 34.1 Å². The predicted octanol–water partition coefficient (Wildman–Crippen LogP) is 5.50. The van der Waals surface area contributed by atoms with Gasteiger partial charge in [-0.2, -0.15) is 0 Å². The van der Waals surface area contributed by atoms with Crippen molar-refractivity contribution < 1.29 is 4.39 Å². The topological polar surface area (TPSA) is 12.0 Å². The molecule has 2 unspecified atom stereocenters. The molecule has 1 saturated carbocycles. The Labute approximate surface area is 136 Å². The van der Waals surface area contributed by atoms with Crippen molar-refractivity contribution in [2.24, 2.45) is 11.3 Å². The maximum atomic E-state index is 14.5. The van der Waals surface area contributed by atoms with Crippen molar-refractivity contribution in [2.75, 3.05) is 13.1 Å². The Bertz CT molecular complexity index is 472. The highest BCUT2D eigenvalue weighted by molar-refractivity contribution is 9.10. The van der Waals surface area contributed by atoms with Gasteiger partial charge in [-0.1, -0.05) is 32.9 Å². The molecule has 3 heteroatoms. The fourth-order valence-electron chi connectivity index (χ4n) is 3.52. The molecule has 1 aliphatic rings. The van der Waals surface area contributed by atoms with Gasteiger partial charge >= 0.3 is 0 Å². The van der Waals surface area contributed by atoms with E-state index in [1.165, 1.54) is 12.8 Å². The van der Waals surface area contributed by atoms with Gasteiger partial charge in [0.25, 0.3) is 0 Å². The number of hydrogen-bond acceptors (Lipinski definition) is 1. The summed E-state index contributed by atoms with van der Waals surface area (Å²) in [6.45, 7) is 8.85. The average Bonchev–Trinajstić information content (AvgIpc) is 2.43. The first-order valence-electron chi connectivity index (χ1n) is 8.09. The molecule has 1 nitrogen and oxygen atoms in total. The van der Waals surface area contributed by atoms with Crippen LogP contribution in [0.3, 0.4) is 0 Å². The molecule has 1 N–H and O–H groups in total. The first-order chi connectivity index (χ1) is 9.94. The molecule has 0 aliphatic heterocycles. The first-order valence-corrected chi connectivity index (χ1v) is 8.88. The van der Waals surface area contributed by atoms with Gasteiger partial charge in [0.15, 0.2) is 0 Å². The van der Waals surface area contributed by atoms with Crippen molar-refractivity contribution >= 4 is 15.9 Å². The minimum Gasteiger partial charge on any atom is -0.316 e. The standard InChI is InChI=1S/C18H27BrFN/c1-4-10-21-12-13-8-9-18(2,3)11-15(13)14-6-5-7-16(19)17(14)20/h5-7,13,15,21H,4,8-12H2,1-3H3. The molecule has 1 aromatic rings. The lowest BCUT2D eigenvalue weighted by molar-refractivity contribution is 0.157. The van der Waals surface area contributed by atoms with E-state index in [9.17, 15) is 4.39 Å². The molecule has 21 heavy (non-hydrogen) atoms. The van der Waals surface area contributed by atoms with Gasteiger partial charge in [0.1, 0.15) is 5.82 Å². The van der Waals surface area contributed by atoms with E-state index < -0.39 is 0 Å². The van der Waals surface area contributed by atoms with Crippen LogP contribution in [0.15, 0.2) is 22.7 Å². The van der Waals surface area contributed by atoms with Crippen molar-refractivity contribution in [3.8, 4) is 0 Å². The van der Waals surface area contributed by atoms with Crippen LogP contribution < -0.4 is 5.32 Å². The third-order valence-electron chi connectivity index (χ3n) is 4.75. The van der Waals surface area contributed by atoms with Gasteiger partial charge in [0.2, 0.25) is 0 Å². The second-order valence-electron chi connectivity index (χ2n) is 7.12. The lowest BCUT2D eigenvalue weighted by atomic mass is 9.65. The summed E-state index contributed by atoms with van der Waals surface area (Å²) in [4.78, 5) is 0. The average molecular weight is 356 g/mol. The van der Waals surface area contributed by atoms with Crippen LogP contribution >= 0.6 is 15.9 Å². The fourth-order valence-corrected chi connectivity index (χ4v) is 3.90. The van der Waals surface area contributed by atoms with Gasteiger partial charge in [-0.3, -0.25) is 0 Å². The maximum absolute atomic E-state index is 14.5. The minimum atomic E-state index is -0.0688. The molecule has 0 bridgehead atoms. The van der Waals surface area contributed by atoms with E-state index in [0.717, 1.165) is 31.5 Å². The summed E-state index contributed by atoms with van der Waals surface area (Å²) in [5.74, 6) is 0.782. The van der Waals surface area contributed by atoms with Crippen LogP contribution in [0.4, 0.5) is 4.39 Å². The first kappa shape index (κ1) is 17.0. The smallest absolute Gasteiger partial charge is 0.140 e. The molecule has 0 spiro atoms. The Morgan fingerprint density at radius 1 is 1.38 bits per heavy atom. The van der Waals surface area contributed by atoms with Gasteiger partial charge in [-0.15, -0.1) is 0 Å². The van der Waals surface area contributed by atoms with E-state index in [2.05, 4.69) is 42.0 Å².